The number of carbonyl (C=O) groups is 2. The number of anilines is 1. The van der Waals surface area contributed by atoms with Crippen molar-refractivity contribution < 1.29 is 18.2 Å². The molecule has 0 aliphatic heterocycles. The van der Waals surface area contributed by atoms with Gasteiger partial charge in [-0.1, -0.05) is 46.3 Å². The van der Waals surface area contributed by atoms with Crippen molar-refractivity contribution in [3.8, 4) is 0 Å². The molecule has 0 aromatic heterocycles. The van der Waals surface area contributed by atoms with E-state index in [1.54, 1.807) is 24.3 Å². The Hall–Kier alpha value is -2.06. The normalized spacial score (nSPS) is 12.9. The molecular formula is C17H16BrFN2O3S. The fraction of sp³-hybridized carbons (Fsp3) is 0.176. The zero-order valence-corrected chi connectivity index (χ0v) is 15.7. The second kappa shape index (κ2) is 8.87. The van der Waals surface area contributed by atoms with Gasteiger partial charge in [-0.25, -0.2) is 4.39 Å². The van der Waals surface area contributed by atoms with Crippen LogP contribution in [0, 0.1) is 5.82 Å². The van der Waals surface area contributed by atoms with Gasteiger partial charge in [0.2, 0.25) is 0 Å². The first-order chi connectivity index (χ1) is 11.9. The average Bonchev–Trinajstić information content (AvgIpc) is 2.57. The van der Waals surface area contributed by atoms with Gasteiger partial charge in [0, 0.05) is 27.3 Å². The second-order valence-electron chi connectivity index (χ2n) is 5.25. The molecule has 2 rings (SSSR count). The molecule has 0 radical (unpaired) electrons. The van der Waals surface area contributed by atoms with Gasteiger partial charge in [-0.15, -0.1) is 0 Å². The number of halogens is 2. The minimum Gasteiger partial charge on any atom is -0.340 e. The lowest BCUT2D eigenvalue weighted by Crippen LogP contribution is -2.39. The Morgan fingerprint density at radius 3 is 2.48 bits per heavy atom. The third kappa shape index (κ3) is 5.75. The maximum atomic E-state index is 13.7. The Morgan fingerprint density at radius 1 is 1.16 bits per heavy atom. The number of carbonyl (C=O) groups excluding carboxylic acids is 2. The summed E-state index contributed by atoms with van der Waals surface area (Å²) in [7, 11) is -1.18. The molecule has 2 N–H and O–H groups in total. The van der Waals surface area contributed by atoms with E-state index in [4.69, 9.17) is 0 Å². The van der Waals surface area contributed by atoms with E-state index in [1.165, 1.54) is 24.5 Å². The molecule has 2 aromatic rings. The molecule has 2 amide bonds. The van der Waals surface area contributed by atoms with E-state index in [2.05, 4.69) is 26.6 Å². The first-order valence-corrected chi connectivity index (χ1v) is 9.80. The predicted octanol–water partition coefficient (Wildman–Crippen LogP) is 2.76. The fourth-order valence-corrected chi connectivity index (χ4v) is 3.24. The highest BCUT2D eigenvalue weighted by Gasteiger charge is 2.21. The lowest BCUT2D eigenvalue weighted by Gasteiger charge is -2.18. The summed E-state index contributed by atoms with van der Waals surface area (Å²) >= 11 is 3.17. The Morgan fingerprint density at radius 2 is 1.84 bits per heavy atom. The van der Waals surface area contributed by atoms with Gasteiger partial charge in [-0.3, -0.25) is 13.8 Å². The van der Waals surface area contributed by atoms with Crippen molar-refractivity contribution in [3.63, 3.8) is 0 Å². The van der Waals surface area contributed by atoms with Gasteiger partial charge in [0.05, 0.1) is 11.7 Å². The SMILES string of the molecule is C[S@](=O)C[C@@H](NC(=O)C(=O)Nc1cc(Br)ccc1F)c1ccccc1. The molecule has 2 atom stereocenters. The minimum absolute atomic E-state index is 0.107. The molecule has 8 heteroatoms. The maximum absolute atomic E-state index is 13.7. The van der Waals surface area contributed by atoms with E-state index >= 15 is 0 Å². The summed E-state index contributed by atoms with van der Waals surface area (Å²) in [5, 5.41) is 4.77. The van der Waals surface area contributed by atoms with Gasteiger partial charge < -0.3 is 10.6 Å². The molecule has 0 saturated carbocycles. The summed E-state index contributed by atoms with van der Waals surface area (Å²) in [6.45, 7) is 0. The minimum atomic E-state index is -1.18. The maximum Gasteiger partial charge on any atom is 0.313 e. The van der Waals surface area contributed by atoms with Crippen LogP contribution in [0.3, 0.4) is 0 Å². The third-order valence-electron chi connectivity index (χ3n) is 3.29. The summed E-state index contributed by atoms with van der Waals surface area (Å²) in [5.41, 5.74) is 0.623. The number of benzene rings is 2. The first kappa shape index (κ1) is 19.3. The van der Waals surface area contributed by atoms with E-state index in [9.17, 15) is 18.2 Å². The van der Waals surface area contributed by atoms with Crippen LogP contribution in [0.5, 0.6) is 0 Å². The van der Waals surface area contributed by atoms with Gasteiger partial charge in [0.25, 0.3) is 0 Å². The average molecular weight is 427 g/mol. The van der Waals surface area contributed by atoms with Gasteiger partial charge in [0.1, 0.15) is 5.82 Å². The third-order valence-corrected chi connectivity index (χ3v) is 4.59. The summed E-state index contributed by atoms with van der Waals surface area (Å²) in [6.07, 6.45) is 1.51. The Bertz CT molecular complexity index is 802. The van der Waals surface area contributed by atoms with Crippen LogP contribution < -0.4 is 10.6 Å². The van der Waals surface area contributed by atoms with Crippen LogP contribution in [0.4, 0.5) is 10.1 Å². The molecule has 0 saturated heterocycles. The van der Waals surface area contributed by atoms with Crippen LogP contribution in [-0.4, -0.2) is 28.0 Å². The van der Waals surface area contributed by atoms with E-state index < -0.39 is 34.5 Å². The number of amides is 2. The van der Waals surface area contributed by atoms with Crippen molar-refractivity contribution in [3.05, 3.63) is 64.4 Å². The zero-order valence-electron chi connectivity index (χ0n) is 13.3. The lowest BCUT2D eigenvalue weighted by atomic mass is 10.1. The first-order valence-electron chi connectivity index (χ1n) is 7.28. The molecule has 5 nitrogen and oxygen atoms in total. The topological polar surface area (TPSA) is 75.3 Å². The van der Waals surface area contributed by atoms with Crippen LogP contribution in [0.25, 0.3) is 0 Å². The number of hydrogen-bond acceptors (Lipinski definition) is 3. The fourth-order valence-electron chi connectivity index (χ4n) is 2.14. The highest BCUT2D eigenvalue weighted by Crippen LogP contribution is 2.20. The number of rotatable bonds is 5. The van der Waals surface area contributed by atoms with Gasteiger partial charge >= 0.3 is 11.8 Å². The van der Waals surface area contributed by atoms with Crippen LogP contribution in [0.2, 0.25) is 0 Å². The lowest BCUT2D eigenvalue weighted by molar-refractivity contribution is -0.136. The highest BCUT2D eigenvalue weighted by atomic mass is 79.9. The van der Waals surface area contributed by atoms with Crippen LogP contribution in [-0.2, 0) is 20.4 Å². The molecule has 0 heterocycles. The van der Waals surface area contributed by atoms with Crippen LogP contribution >= 0.6 is 15.9 Å². The molecule has 0 bridgehead atoms. The van der Waals surface area contributed by atoms with Crippen molar-refractivity contribution in [1.29, 1.82) is 0 Å². The van der Waals surface area contributed by atoms with Crippen molar-refractivity contribution in [2.24, 2.45) is 0 Å². The monoisotopic (exact) mass is 426 g/mol. The molecule has 0 aliphatic rings. The molecule has 25 heavy (non-hydrogen) atoms. The summed E-state index contributed by atoms with van der Waals surface area (Å²) in [5.74, 6) is -2.43. The Labute approximate surface area is 155 Å². The largest absolute Gasteiger partial charge is 0.340 e. The Kier molecular flexibility index (Phi) is 6.83. The summed E-state index contributed by atoms with van der Waals surface area (Å²) < 4.78 is 25.8. The molecular weight excluding hydrogens is 411 g/mol. The van der Waals surface area contributed by atoms with Gasteiger partial charge in [0.15, 0.2) is 0 Å². The molecule has 0 spiro atoms. The zero-order chi connectivity index (χ0) is 18.4. The second-order valence-corrected chi connectivity index (χ2v) is 7.65. The quantitative estimate of drug-likeness (QED) is 0.721. The van der Waals surface area contributed by atoms with E-state index in [0.29, 0.717) is 4.47 Å². The summed E-state index contributed by atoms with van der Waals surface area (Å²) in [6, 6.07) is 12.3. The van der Waals surface area contributed by atoms with Crippen LogP contribution in [0.1, 0.15) is 11.6 Å². The van der Waals surface area contributed by atoms with Crippen molar-refractivity contribution in [2.75, 3.05) is 17.3 Å². The van der Waals surface area contributed by atoms with Gasteiger partial charge in [-0.2, -0.15) is 0 Å². The predicted molar refractivity (Wildman–Crippen MR) is 99.0 cm³/mol. The molecule has 2 aromatic carbocycles. The number of hydrogen-bond donors (Lipinski definition) is 2. The summed E-state index contributed by atoms with van der Waals surface area (Å²) in [4.78, 5) is 24.2. The molecule has 0 unspecified atom stereocenters. The highest BCUT2D eigenvalue weighted by molar-refractivity contribution is 9.10. The van der Waals surface area contributed by atoms with Gasteiger partial charge in [-0.05, 0) is 23.8 Å². The smallest absolute Gasteiger partial charge is 0.313 e. The van der Waals surface area contributed by atoms with Crippen molar-refractivity contribution in [2.45, 2.75) is 6.04 Å². The molecule has 132 valence electrons. The van der Waals surface area contributed by atoms with E-state index in [-0.39, 0.29) is 11.4 Å². The Balaban J connectivity index is 2.10. The van der Waals surface area contributed by atoms with Crippen LogP contribution in [0.15, 0.2) is 53.0 Å². The van der Waals surface area contributed by atoms with E-state index in [0.717, 1.165) is 5.56 Å². The molecule has 0 fully saturated rings. The number of nitrogens with one attached hydrogen (secondary N) is 2. The van der Waals surface area contributed by atoms with Crippen molar-refractivity contribution >= 4 is 44.2 Å². The van der Waals surface area contributed by atoms with E-state index in [1.807, 2.05) is 6.07 Å². The standard InChI is InChI=1S/C17H16BrFN2O3S/c1-25(24)10-15(11-5-3-2-4-6-11)21-17(23)16(22)20-14-9-12(18)7-8-13(14)19/h2-9,15H,10H2,1H3,(H,20,22)(H,21,23)/t15-,25+/m1/s1. The van der Waals surface area contributed by atoms with Crippen molar-refractivity contribution in [1.82, 2.24) is 5.32 Å². The molecule has 0 aliphatic carbocycles.